The summed E-state index contributed by atoms with van der Waals surface area (Å²) in [5.41, 5.74) is 2.35. The molecule has 90 valence electrons. The zero-order chi connectivity index (χ0) is 12.0. The van der Waals surface area contributed by atoms with Crippen LogP contribution in [-0.2, 0) is 17.2 Å². The van der Waals surface area contributed by atoms with Crippen LogP contribution in [-0.4, -0.2) is 23.7 Å². The first-order chi connectivity index (χ1) is 8.16. The number of benzene rings is 1. The number of aryl methyl sites for hydroxylation is 1. The number of aromatic nitrogens is 1. The van der Waals surface area contributed by atoms with Crippen LogP contribution >= 0.6 is 11.6 Å². The van der Waals surface area contributed by atoms with E-state index in [4.69, 9.17) is 20.8 Å². The van der Waals surface area contributed by atoms with Crippen LogP contribution < -0.4 is 5.76 Å². The largest absolute Gasteiger partial charge is 0.419 e. The Morgan fingerprint density at radius 2 is 2.24 bits per heavy atom. The van der Waals surface area contributed by atoms with Crippen molar-refractivity contribution in [1.29, 1.82) is 0 Å². The molecule has 4 nitrogen and oxygen atoms in total. The number of oxazole rings is 1. The summed E-state index contributed by atoms with van der Waals surface area (Å²) in [6.07, 6.45) is 0. The highest BCUT2D eigenvalue weighted by atomic mass is 35.5. The van der Waals surface area contributed by atoms with Crippen LogP contribution in [0.1, 0.15) is 5.56 Å². The van der Waals surface area contributed by atoms with Crippen molar-refractivity contribution < 1.29 is 9.15 Å². The Bertz CT molecular complexity index is 619. The number of ether oxygens (including phenoxy) is 1. The summed E-state index contributed by atoms with van der Waals surface area (Å²) in [4.78, 5) is 11.4. The van der Waals surface area contributed by atoms with Gasteiger partial charge in [0.15, 0.2) is 5.58 Å². The third-order valence-corrected chi connectivity index (χ3v) is 3.93. The molecule has 0 N–H and O–H groups in total. The number of fused-ring (bicyclic) bond motifs is 1. The molecule has 3 rings (SSSR count). The molecule has 2 heterocycles. The molecule has 0 radical (unpaired) electrons. The van der Waals surface area contributed by atoms with E-state index in [1.54, 1.807) is 7.05 Å². The molecule has 0 aliphatic carbocycles. The van der Waals surface area contributed by atoms with Crippen LogP contribution in [0.2, 0.25) is 0 Å². The highest BCUT2D eigenvalue weighted by Crippen LogP contribution is 2.34. The van der Waals surface area contributed by atoms with Crippen LogP contribution in [0.5, 0.6) is 0 Å². The van der Waals surface area contributed by atoms with Gasteiger partial charge in [-0.2, -0.15) is 0 Å². The Labute approximate surface area is 103 Å². The van der Waals surface area contributed by atoms with Gasteiger partial charge in [0.25, 0.3) is 0 Å². The van der Waals surface area contributed by atoms with Gasteiger partial charge in [0, 0.05) is 12.9 Å². The fraction of sp³-hybridized carbons (Fsp3) is 0.417. The Balaban J connectivity index is 2.17. The summed E-state index contributed by atoms with van der Waals surface area (Å²) in [6, 6.07) is 5.77. The third kappa shape index (κ3) is 1.44. The summed E-state index contributed by atoms with van der Waals surface area (Å²) in [6.45, 7) is 1.25. The van der Waals surface area contributed by atoms with Gasteiger partial charge in [0.2, 0.25) is 0 Å². The van der Waals surface area contributed by atoms with E-state index in [0.717, 1.165) is 11.1 Å². The zero-order valence-electron chi connectivity index (χ0n) is 9.40. The lowest BCUT2D eigenvalue weighted by Crippen LogP contribution is -2.48. The number of alkyl halides is 1. The van der Waals surface area contributed by atoms with E-state index in [1.165, 1.54) is 4.57 Å². The molecular weight excluding hydrogens is 242 g/mol. The molecule has 1 fully saturated rings. The molecule has 1 aliphatic heterocycles. The van der Waals surface area contributed by atoms with Crippen molar-refractivity contribution in [2.24, 2.45) is 7.05 Å². The zero-order valence-corrected chi connectivity index (χ0v) is 10.2. The molecule has 0 saturated carbocycles. The van der Waals surface area contributed by atoms with Crippen molar-refractivity contribution in [2.75, 3.05) is 19.1 Å². The molecule has 2 aromatic rings. The van der Waals surface area contributed by atoms with Gasteiger partial charge in [0.1, 0.15) is 0 Å². The van der Waals surface area contributed by atoms with Crippen LogP contribution in [0, 0.1) is 0 Å². The first-order valence-corrected chi connectivity index (χ1v) is 5.93. The SMILES string of the molecule is Cn1c(=O)oc2cc(C3(CCl)COC3)ccc21. The lowest BCUT2D eigenvalue weighted by atomic mass is 9.80. The minimum Gasteiger partial charge on any atom is -0.408 e. The van der Waals surface area contributed by atoms with Crippen LogP contribution in [0.25, 0.3) is 11.1 Å². The second-order valence-electron chi connectivity index (χ2n) is 4.52. The molecule has 5 heteroatoms. The van der Waals surface area contributed by atoms with Gasteiger partial charge in [0.05, 0.1) is 24.1 Å². The molecule has 0 atom stereocenters. The normalized spacial score (nSPS) is 18.2. The lowest BCUT2D eigenvalue weighted by molar-refractivity contribution is -0.0479. The Hall–Kier alpha value is -1.26. The predicted molar refractivity (Wildman–Crippen MR) is 64.7 cm³/mol. The van der Waals surface area contributed by atoms with Gasteiger partial charge in [-0.3, -0.25) is 4.57 Å². The van der Waals surface area contributed by atoms with E-state index >= 15 is 0 Å². The second kappa shape index (κ2) is 3.62. The van der Waals surface area contributed by atoms with E-state index in [2.05, 4.69) is 0 Å². The maximum absolute atomic E-state index is 11.4. The first-order valence-electron chi connectivity index (χ1n) is 5.40. The predicted octanol–water partition coefficient (Wildman–Crippen LogP) is 1.64. The molecule has 1 aromatic heterocycles. The van der Waals surface area contributed by atoms with Gasteiger partial charge in [-0.05, 0) is 17.7 Å². The number of hydrogen-bond acceptors (Lipinski definition) is 3. The van der Waals surface area contributed by atoms with E-state index < -0.39 is 0 Å². The molecule has 1 saturated heterocycles. The summed E-state index contributed by atoms with van der Waals surface area (Å²) in [5.74, 6) is 0.164. The molecule has 1 aromatic carbocycles. The van der Waals surface area contributed by atoms with Crippen molar-refractivity contribution in [3.05, 3.63) is 34.3 Å². The average Bonchev–Trinajstić information content (AvgIpc) is 2.54. The fourth-order valence-corrected chi connectivity index (χ4v) is 2.44. The van der Waals surface area contributed by atoms with Crippen molar-refractivity contribution in [3.63, 3.8) is 0 Å². The Morgan fingerprint density at radius 1 is 1.47 bits per heavy atom. The van der Waals surface area contributed by atoms with E-state index in [-0.39, 0.29) is 11.2 Å². The molecule has 0 bridgehead atoms. The average molecular weight is 254 g/mol. The highest BCUT2D eigenvalue weighted by Gasteiger charge is 2.39. The molecule has 0 amide bonds. The van der Waals surface area contributed by atoms with E-state index in [0.29, 0.717) is 24.7 Å². The molecule has 0 spiro atoms. The first kappa shape index (κ1) is 10.9. The fourth-order valence-electron chi connectivity index (χ4n) is 2.13. The van der Waals surface area contributed by atoms with E-state index in [9.17, 15) is 4.79 Å². The lowest BCUT2D eigenvalue weighted by Gasteiger charge is -2.40. The van der Waals surface area contributed by atoms with Crippen molar-refractivity contribution in [2.45, 2.75) is 5.41 Å². The third-order valence-electron chi connectivity index (χ3n) is 3.42. The van der Waals surface area contributed by atoms with Gasteiger partial charge in [-0.1, -0.05) is 6.07 Å². The molecule has 17 heavy (non-hydrogen) atoms. The van der Waals surface area contributed by atoms with Crippen molar-refractivity contribution in [1.82, 2.24) is 4.57 Å². The molecule has 0 unspecified atom stereocenters. The van der Waals surface area contributed by atoms with Crippen molar-refractivity contribution >= 4 is 22.7 Å². The number of hydrogen-bond donors (Lipinski definition) is 0. The smallest absolute Gasteiger partial charge is 0.408 e. The minimum absolute atomic E-state index is 0.121. The summed E-state index contributed by atoms with van der Waals surface area (Å²) in [7, 11) is 1.69. The van der Waals surface area contributed by atoms with Gasteiger partial charge < -0.3 is 9.15 Å². The quantitative estimate of drug-likeness (QED) is 0.765. The summed E-state index contributed by atoms with van der Waals surface area (Å²) >= 11 is 6.00. The summed E-state index contributed by atoms with van der Waals surface area (Å²) < 4.78 is 11.9. The van der Waals surface area contributed by atoms with Crippen LogP contribution in [0.15, 0.2) is 27.4 Å². The van der Waals surface area contributed by atoms with Crippen LogP contribution in [0.3, 0.4) is 0 Å². The Morgan fingerprint density at radius 3 is 2.82 bits per heavy atom. The molecule has 1 aliphatic rings. The standard InChI is InChI=1S/C12H12ClNO3/c1-14-9-3-2-8(4-10(9)17-11(14)15)12(5-13)6-16-7-12/h2-4H,5-7H2,1H3. The number of rotatable bonds is 2. The van der Waals surface area contributed by atoms with Gasteiger partial charge in [-0.15, -0.1) is 11.6 Å². The number of nitrogens with zero attached hydrogens (tertiary/aromatic N) is 1. The van der Waals surface area contributed by atoms with Gasteiger partial charge in [-0.25, -0.2) is 4.79 Å². The number of halogens is 1. The van der Waals surface area contributed by atoms with Crippen LogP contribution in [0.4, 0.5) is 0 Å². The second-order valence-corrected chi connectivity index (χ2v) is 4.78. The maximum Gasteiger partial charge on any atom is 0.419 e. The van der Waals surface area contributed by atoms with Crippen molar-refractivity contribution in [3.8, 4) is 0 Å². The topological polar surface area (TPSA) is 44.4 Å². The Kier molecular flexibility index (Phi) is 2.31. The minimum atomic E-state index is -0.345. The van der Waals surface area contributed by atoms with Gasteiger partial charge >= 0.3 is 5.76 Å². The maximum atomic E-state index is 11.4. The molecular formula is C12H12ClNO3. The monoisotopic (exact) mass is 253 g/mol. The summed E-state index contributed by atoms with van der Waals surface area (Å²) in [5, 5.41) is 0. The van der Waals surface area contributed by atoms with E-state index in [1.807, 2.05) is 18.2 Å². The highest BCUT2D eigenvalue weighted by molar-refractivity contribution is 6.18.